The average Bonchev–Trinajstić information content (AvgIpc) is 3.20. The minimum Gasteiger partial charge on any atom is -0.347 e. The third-order valence-electron chi connectivity index (χ3n) is 5.58. The summed E-state index contributed by atoms with van der Waals surface area (Å²) >= 11 is 14.0. The van der Waals surface area contributed by atoms with Gasteiger partial charge >= 0.3 is 0 Å². The molecule has 2 aromatic carbocycles. The van der Waals surface area contributed by atoms with Crippen molar-refractivity contribution in [3.63, 3.8) is 0 Å². The first-order valence-corrected chi connectivity index (χ1v) is 10.7. The van der Waals surface area contributed by atoms with Gasteiger partial charge in [0.1, 0.15) is 10.7 Å². The van der Waals surface area contributed by atoms with Gasteiger partial charge in [-0.15, -0.1) is 11.3 Å². The summed E-state index contributed by atoms with van der Waals surface area (Å²) in [6, 6.07) is 9.92. The van der Waals surface area contributed by atoms with Crippen molar-refractivity contribution in [1.29, 1.82) is 0 Å². The number of nitrogens with one attached hydrogen (secondary N) is 1. The molecule has 3 heterocycles. The zero-order valence-electron chi connectivity index (χ0n) is 15.1. The van der Waals surface area contributed by atoms with Crippen LogP contribution in [-0.2, 0) is 4.79 Å². The summed E-state index contributed by atoms with van der Waals surface area (Å²) in [5.74, 6) is -0.509. The van der Waals surface area contributed by atoms with Gasteiger partial charge in [-0.25, -0.2) is 4.39 Å². The van der Waals surface area contributed by atoms with Crippen LogP contribution in [-0.4, -0.2) is 35.3 Å². The number of hydrogen-bond donors (Lipinski definition) is 1. The summed E-state index contributed by atoms with van der Waals surface area (Å²) in [6.45, 7) is 0.996. The average molecular weight is 449 g/mol. The van der Waals surface area contributed by atoms with Crippen molar-refractivity contribution in [2.24, 2.45) is 0 Å². The maximum absolute atomic E-state index is 14.3. The molecule has 1 spiro atoms. The maximum atomic E-state index is 14.3. The van der Waals surface area contributed by atoms with E-state index in [1.807, 2.05) is 6.07 Å². The van der Waals surface area contributed by atoms with Crippen LogP contribution in [0.1, 0.15) is 22.5 Å². The van der Waals surface area contributed by atoms with Crippen LogP contribution in [0.15, 0.2) is 36.4 Å². The zero-order chi connectivity index (χ0) is 20.3. The van der Waals surface area contributed by atoms with E-state index in [-0.39, 0.29) is 17.4 Å². The van der Waals surface area contributed by atoms with Crippen molar-refractivity contribution in [1.82, 2.24) is 10.2 Å². The summed E-state index contributed by atoms with van der Waals surface area (Å²) < 4.78 is 15.1. The molecule has 148 valence electrons. The molecule has 8 heteroatoms. The van der Waals surface area contributed by atoms with E-state index < -0.39 is 5.82 Å². The molecule has 2 fully saturated rings. The number of halogens is 3. The normalized spacial score (nSPS) is 17.6. The molecule has 1 N–H and O–H groups in total. The SMILES string of the molecule is O=C1CCC2(CN(C(=O)c3sc4cc(-c5c(F)cccc5Cl)ccc4c3Cl)C2)N1. The van der Waals surface area contributed by atoms with Gasteiger partial charge in [0.2, 0.25) is 5.91 Å². The van der Waals surface area contributed by atoms with E-state index in [1.54, 1.807) is 29.2 Å². The van der Waals surface area contributed by atoms with Crippen molar-refractivity contribution in [3.05, 3.63) is 57.1 Å². The fourth-order valence-electron chi connectivity index (χ4n) is 4.11. The molecular formula is C21H15Cl2FN2O2S. The number of fused-ring (bicyclic) bond motifs is 1. The lowest BCUT2D eigenvalue weighted by molar-refractivity contribution is -0.120. The van der Waals surface area contributed by atoms with E-state index in [2.05, 4.69) is 5.32 Å². The third kappa shape index (κ3) is 3.01. The summed E-state index contributed by atoms with van der Waals surface area (Å²) in [7, 11) is 0. The second-order valence-electron chi connectivity index (χ2n) is 7.54. The first kappa shape index (κ1) is 18.9. The highest BCUT2D eigenvalue weighted by molar-refractivity contribution is 7.21. The Morgan fingerprint density at radius 3 is 2.69 bits per heavy atom. The Bertz CT molecular complexity index is 1170. The number of likely N-dealkylation sites (tertiary alicyclic amines) is 1. The lowest BCUT2D eigenvalue weighted by atomic mass is 9.88. The fourth-order valence-corrected chi connectivity index (χ4v) is 5.91. The van der Waals surface area contributed by atoms with Crippen molar-refractivity contribution in [3.8, 4) is 11.1 Å². The summed E-state index contributed by atoms with van der Waals surface area (Å²) in [6.07, 6.45) is 1.26. The molecule has 2 aliphatic heterocycles. The van der Waals surface area contributed by atoms with Crippen molar-refractivity contribution < 1.29 is 14.0 Å². The van der Waals surface area contributed by atoms with Gasteiger partial charge in [0, 0.05) is 35.2 Å². The second kappa shape index (κ2) is 6.69. The number of carbonyl (C=O) groups is 2. The maximum Gasteiger partial charge on any atom is 0.265 e. The van der Waals surface area contributed by atoms with Crippen LogP contribution in [0, 0.1) is 5.82 Å². The molecule has 2 saturated heterocycles. The van der Waals surface area contributed by atoms with Crippen LogP contribution in [0.3, 0.4) is 0 Å². The molecule has 4 nitrogen and oxygen atoms in total. The number of nitrogens with zero attached hydrogens (tertiary/aromatic N) is 1. The van der Waals surface area contributed by atoms with E-state index in [4.69, 9.17) is 23.2 Å². The zero-order valence-corrected chi connectivity index (χ0v) is 17.4. The monoisotopic (exact) mass is 448 g/mol. The van der Waals surface area contributed by atoms with E-state index >= 15 is 0 Å². The topological polar surface area (TPSA) is 49.4 Å². The van der Waals surface area contributed by atoms with E-state index in [0.29, 0.717) is 45.6 Å². The van der Waals surface area contributed by atoms with Gasteiger partial charge in [0.25, 0.3) is 5.91 Å². The highest BCUT2D eigenvalue weighted by Gasteiger charge is 2.49. The Balaban J connectivity index is 1.46. The second-order valence-corrected chi connectivity index (χ2v) is 9.38. The number of thiophene rings is 1. The first-order chi connectivity index (χ1) is 13.9. The largest absolute Gasteiger partial charge is 0.347 e. The van der Waals surface area contributed by atoms with Crippen LogP contribution >= 0.6 is 34.5 Å². The first-order valence-electron chi connectivity index (χ1n) is 9.14. The number of carbonyl (C=O) groups excluding carboxylic acids is 2. The van der Waals surface area contributed by atoms with Crippen LogP contribution in [0.25, 0.3) is 21.2 Å². The van der Waals surface area contributed by atoms with E-state index in [0.717, 1.165) is 16.5 Å². The predicted molar refractivity (Wildman–Crippen MR) is 113 cm³/mol. The fraction of sp³-hybridized carbons (Fsp3) is 0.238. The summed E-state index contributed by atoms with van der Waals surface area (Å²) in [5, 5.41) is 4.45. The third-order valence-corrected chi connectivity index (χ3v) is 7.54. The molecule has 0 atom stereocenters. The van der Waals surface area contributed by atoms with Gasteiger partial charge in [0.15, 0.2) is 0 Å². The Labute approximate surface area is 180 Å². The van der Waals surface area contributed by atoms with Crippen molar-refractivity contribution in [2.45, 2.75) is 18.4 Å². The van der Waals surface area contributed by atoms with Gasteiger partial charge in [0.05, 0.1) is 15.6 Å². The van der Waals surface area contributed by atoms with Crippen molar-refractivity contribution >= 4 is 56.4 Å². The van der Waals surface area contributed by atoms with Crippen LogP contribution < -0.4 is 5.32 Å². The highest BCUT2D eigenvalue weighted by Crippen LogP contribution is 2.41. The standard InChI is InChI=1S/C21H15Cl2FN2O2S/c22-13-2-1-3-14(24)17(13)11-4-5-12-15(8-11)29-19(18(12)23)20(28)26-9-21(10-26)7-6-16(27)25-21/h1-5,8H,6-7,9-10H2,(H,25,27). The number of benzene rings is 2. The van der Waals surface area contributed by atoms with Gasteiger partial charge in [-0.1, -0.05) is 41.4 Å². The highest BCUT2D eigenvalue weighted by atomic mass is 35.5. The van der Waals surface area contributed by atoms with Crippen LogP contribution in [0.2, 0.25) is 10.0 Å². The quantitative estimate of drug-likeness (QED) is 0.591. The Morgan fingerprint density at radius 2 is 2.00 bits per heavy atom. The van der Waals surface area contributed by atoms with Crippen LogP contribution in [0.5, 0.6) is 0 Å². The number of hydrogen-bond acceptors (Lipinski definition) is 3. The molecule has 0 unspecified atom stereocenters. The smallest absolute Gasteiger partial charge is 0.265 e. The van der Waals surface area contributed by atoms with Crippen LogP contribution in [0.4, 0.5) is 4.39 Å². The minimum atomic E-state index is -0.403. The Hall–Kier alpha value is -2.15. The molecule has 2 aliphatic rings. The number of rotatable bonds is 2. The minimum absolute atomic E-state index is 0.0383. The Morgan fingerprint density at radius 1 is 1.21 bits per heavy atom. The molecule has 2 amide bonds. The summed E-state index contributed by atoms with van der Waals surface area (Å²) in [5.41, 5.74) is 0.689. The summed E-state index contributed by atoms with van der Waals surface area (Å²) in [4.78, 5) is 26.6. The van der Waals surface area contributed by atoms with E-state index in [1.165, 1.54) is 17.4 Å². The van der Waals surface area contributed by atoms with E-state index in [9.17, 15) is 14.0 Å². The molecular weight excluding hydrogens is 434 g/mol. The molecule has 29 heavy (non-hydrogen) atoms. The molecule has 0 aliphatic carbocycles. The van der Waals surface area contributed by atoms with Gasteiger partial charge in [-0.3, -0.25) is 9.59 Å². The predicted octanol–water partition coefficient (Wildman–Crippen LogP) is 5.12. The number of amides is 2. The van der Waals surface area contributed by atoms with Gasteiger partial charge < -0.3 is 10.2 Å². The molecule has 5 rings (SSSR count). The molecule has 0 saturated carbocycles. The van der Waals surface area contributed by atoms with Gasteiger partial charge in [-0.05, 0) is 30.2 Å². The lowest BCUT2D eigenvalue weighted by Crippen LogP contribution is -2.68. The molecule has 0 bridgehead atoms. The van der Waals surface area contributed by atoms with Crippen molar-refractivity contribution in [2.75, 3.05) is 13.1 Å². The Kier molecular flexibility index (Phi) is 4.35. The molecule has 3 aromatic rings. The lowest BCUT2D eigenvalue weighted by Gasteiger charge is -2.47. The van der Waals surface area contributed by atoms with Gasteiger partial charge in [-0.2, -0.15) is 0 Å². The molecule has 0 radical (unpaired) electrons. The molecule has 1 aromatic heterocycles.